The highest BCUT2D eigenvalue weighted by Crippen LogP contribution is 2.21. The minimum atomic E-state index is -1.07. The van der Waals surface area contributed by atoms with E-state index in [1.54, 1.807) is 6.20 Å². The van der Waals surface area contributed by atoms with Gasteiger partial charge in [-0.2, -0.15) is 0 Å². The number of aliphatic carboxylic acids is 1. The molecule has 10 nitrogen and oxygen atoms in total. The predicted molar refractivity (Wildman–Crippen MR) is 156 cm³/mol. The van der Waals surface area contributed by atoms with Gasteiger partial charge in [-0.15, -0.1) is 0 Å². The fraction of sp³-hybridized carbons (Fsp3) is 0.419. The van der Waals surface area contributed by atoms with Crippen molar-refractivity contribution < 1.29 is 24.3 Å². The molecule has 4 rings (SSSR count). The van der Waals surface area contributed by atoms with Gasteiger partial charge in [-0.25, -0.2) is 4.79 Å². The first kappa shape index (κ1) is 29.8. The van der Waals surface area contributed by atoms with Crippen LogP contribution in [-0.4, -0.2) is 69.4 Å². The molecule has 5 unspecified atom stereocenters. The van der Waals surface area contributed by atoms with Crippen LogP contribution in [-0.2, 0) is 32.0 Å². The number of likely N-dealkylation sites (tertiary alicyclic amines) is 1. The number of aromatic nitrogens is 1. The second-order valence-electron chi connectivity index (χ2n) is 10.8. The van der Waals surface area contributed by atoms with Crippen molar-refractivity contribution in [2.45, 2.75) is 70.1 Å². The maximum absolute atomic E-state index is 13.9. The number of aromatic amines is 1. The number of carbonyl (C=O) groups excluding carboxylic acids is 3. The van der Waals surface area contributed by atoms with Crippen LogP contribution < -0.4 is 16.4 Å². The van der Waals surface area contributed by atoms with Crippen molar-refractivity contribution in [2.75, 3.05) is 6.54 Å². The van der Waals surface area contributed by atoms with Crippen LogP contribution >= 0.6 is 0 Å². The van der Waals surface area contributed by atoms with E-state index in [2.05, 4.69) is 15.6 Å². The summed E-state index contributed by atoms with van der Waals surface area (Å²) in [4.78, 5) is 57.1. The number of carbonyl (C=O) groups is 4. The second-order valence-corrected chi connectivity index (χ2v) is 10.8. The molecule has 1 aromatic heterocycles. The van der Waals surface area contributed by atoms with Gasteiger partial charge in [0.05, 0.1) is 6.04 Å². The van der Waals surface area contributed by atoms with E-state index in [9.17, 15) is 24.3 Å². The number of nitrogens with zero attached hydrogens (tertiary/aromatic N) is 1. The summed E-state index contributed by atoms with van der Waals surface area (Å²) in [7, 11) is 0. The number of nitrogens with two attached hydrogens (primary N) is 1. The van der Waals surface area contributed by atoms with Crippen molar-refractivity contribution >= 4 is 34.6 Å². The lowest BCUT2D eigenvalue weighted by atomic mass is 9.97. The zero-order valence-electron chi connectivity index (χ0n) is 23.5. The third-order valence-electron chi connectivity index (χ3n) is 8.01. The molecule has 10 heteroatoms. The lowest BCUT2D eigenvalue weighted by Gasteiger charge is -2.29. The van der Waals surface area contributed by atoms with E-state index in [1.807, 2.05) is 68.4 Å². The number of H-pyrrole nitrogens is 1. The summed E-state index contributed by atoms with van der Waals surface area (Å²) in [5, 5.41) is 16.3. The summed E-state index contributed by atoms with van der Waals surface area (Å²) in [6.45, 7) is 4.12. The van der Waals surface area contributed by atoms with Gasteiger partial charge in [-0.1, -0.05) is 68.8 Å². The highest BCUT2D eigenvalue weighted by atomic mass is 16.4. The van der Waals surface area contributed by atoms with E-state index in [-0.39, 0.29) is 18.8 Å². The number of carboxylic acid groups (broad SMARTS) is 1. The van der Waals surface area contributed by atoms with E-state index in [4.69, 9.17) is 5.73 Å². The molecule has 0 radical (unpaired) electrons. The quantitative estimate of drug-likeness (QED) is 0.228. The number of amides is 3. The predicted octanol–water partition coefficient (Wildman–Crippen LogP) is 2.37. The highest BCUT2D eigenvalue weighted by Gasteiger charge is 2.38. The van der Waals surface area contributed by atoms with Gasteiger partial charge in [0.25, 0.3) is 0 Å². The second kappa shape index (κ2) is 13.5. The summed E-state index contributed by atoms with van der Waals surface area (Å²) < 4.78 is 0. The smallest absolute Gasteiger partial charge is 0.326 e. The molecular formula is C31H39N5O5. The van der Waals surface area contributed by atoms with Crippen LogP contribution in [0, 0.1) is 5.92 Å². The van der Waals surface area contributed by atoms with Crippen LogP contribution in [0.4, 0.5) is 0 Å². The molecule has 218 valence electrons. The Labute approximate surface area is 239 Å². The van der Waals surface area contributed by atoms with Crippen LogP contribution in [0.15, 0.2) is 60.8 Å². The first-order valence-electron chi connectivity index (χ1n) is 14.2. The van der Waals surface area contributed by atoms with E-state index in [0.717, 1.165) is 22.0 Å². The number of benzene rings is 2. The number of hydrogen-bond donors (Lipinski definition) is 5. The van der Waals surface area contributed by atoms with Crippen LogP contribution in [0.1, 0.15) is 44.2 Å². The van der Waals surface area contributed by atoms with Gasteiger partial charge >= 0.3 is 5.97 Å². The maximum Gasteiger partial charge on any atom is 0.326 e. The van der Waals surface area contributed by atoms with E-state index in [1.165, 1.54) is 4.90 Å². The van der Waals surface area contributed by atoms with Gasteiger partial charge in [0, 0.05) is 36.5 Å². The Balaban J connectivity index is 1.62. The van der Waals surface area contributed by atoms with Gasteiger partial charge < -0.3 is 31.4 Å². The normalized spacial score (nSPS) is 17.9. The van der Waals surface area contributed by atoms with Gasteiger partial charge in [0.2, 0.25) is 17.7 Å². The lowest BCUT2D eigenvalue weighted by molar-refractivity contribution is -0.149. The summed E-state index contributed by atoms with van der Waals surface area (Å²) in [5.74, 6) is -2.61. The van der Waals surface area contributed by atoms with E-state index >= 15 is 0 Å². The zero-order valence-corrected chi connectivity index (χ0v) is 23.5. The van der Waals surface area contributed by atoms with Gasteiger partial charge in [0.15, 0.2) is 0 Å². The van der Waals surface area contributed by atoms with Crippen molar-refractivity contribution in [2.24, 2.45) is 11.7 Å². The van der Waals surface area contributed by atoms with Gasteiger partial charge in [-0.3, -0.25) is 14.4 Å². The molecule has 1 aliphatic rings. The summed E-state index contributed by atoms with van der Waals surface area (Å²) in [6, 6.07) is 13.1. The third kappa shape index (κ3) is 7.13. The van der Waals surface area contributed by atoms with Crippen molar-refractivity contribution in [1.29, 1.82) is 0 Å². The van der Waals surface area contributed by atoms with Crippen LogP contribution in [0.2, 0.25) is 0 Å². The number of rotatable bonds is 12. The number of carboxylic acids is 1. The molecule has 0 spiro atoms. The first-order valence-corrected chi connectivity index (χ1v) is 14.2. The topological polar surface area (TPSA) is 158 Å². The largest absolute Gasteiger partial charge is 0.480 e. The average Bonchev–Trinajstić information content (AvgIpc) is 3.63. The third-order valence-corrected chi connectivity index (χ3v) is 8.01. The molecule has 1 aliphatic heterocycles. The molecule has 2 aromatic carbocycles. The van der Waals surface area contributed by atoms with Gasteiger partial charge in [-0.05, 0) is 36.0 Å². The summed E-state index contributed by atoms with van der Waals surface area (Å²) >= 11 is 0. The first-order chi connectivity index (χ1) is 19.7. The molecule has 0 aliphatic carbocycles. The fourth-order valence-corrected chi connectivity index (χ4v) is 5.32. The Morgan fingerprint density at radius 2 is 1.68 bits per heavy atom. The monoisotopic (exact) mass is 561 g/mol. The molecule has 6 N–H and O–H groups in total. The Morgan fingerprint density at radius 1 is 1.00 bits per heavy atom. The molecule has 1 fully saturated rings. The number of para-hydroxylation sites is 1. The van der Waals surface area contributed by atoms with Crippen molar-refractivity contribution in [3.63, 3.8) is 0 Å². The lowest BCUT2D eigenvalue weighted by Crippen LogP contribution is -2.58. The Morgan fingerprint density at radius 3 is 2.39 bits per heavy atom. The summed E-state index contributed by atoms with van der Waals surface area (Å²) in [5.41, 5.74) is 8.74. The van der Waals surface area contributed by atoms with Crippen LogP contribution in [0.3, 0.4) is 0 Å². The minimum absolute atomic E-state index is 0.0951. The SMILES string of the molecule is CCC(C)C(N)C(=O)NC(Cc1c[nH]c2ccccc12)C(=O)NC(Cc1ccccc1)C(=O)N1CCCC1C(=O)O. The molecular weight excluding hydrogens is 522 g/mol. The minimum Gasteiger partial charge on any atom is -0.480 e. The highest BCUT2D eigenvalue weighted by molar-refractivity contribution is 5.95. The molecule has 3 amide bonds. The number of fused-ring (bicyclic) bond motifs is 1. The molecule has 0 saturated carbocycles. The molecule has 3 aromatic rings. The summed E-state index contributed by atoms with van der Waals surface area (Å²) in [6.07, 6.45) is 3.78. The van der Waals surface area contributed by atoms with Crippen molar-refractivity contribution in [3.05, 3.63) is 71.9 Å². The Hall–Kier alpha value is -4.18. The number of nitrogens with one attached hydrogen (secondary N) is 3. The Kier molecular flexibility index (Phi) is 9.78. The van der Waals surface area contributed by atoms with Crippen molar-refractivity contribution in [3.8, 4) is 0 Å². The van der Waals surface area contributed by atoms with Crippen molar-refractivity contribution in [1.82, 2.24) is 20.5 Å². The fourth-order valence-electron chi connectivity index (χ4n) is 5.32. The van der Waals surface area contributed by atoms with E-state index in [0.29, 0.717) is 25.8 Å². The zero-order chi connectivity index (χ0) is 29.5. The average molecular weight is 562 g/mol. The van der Waals surface area contributed by atoms with Gasteiger partial charge in [0.1, 0.15) is 18.1 Å². The standard InChI is InChI=1S/C31H39N5O5/c1-3-19(2)27(32)29(38)34-24(17-21-18-33-23-13-8-7-12-22(21)23)28(37)35-25(16-20-10-5-4-6-11-20)30(39)36-15-9-14-26(36)31(40)41/h4-8,10-13,18-19,24-27,33H,3,9,14-17,32H2,1-2H3,(H,34,38)(H,35,37)(H,40,41). The molecule has 1 saturated heterocycles. The van der Waals surface area contributed by atoms with E-state index < -0.39 is 47.9 Å². The maximum atomic E-state index is 13.9. The molecule has 41 heavy (non-hydrogen) atoms. The van der Waals surface area contributed by atoms with Crippen LogP contribution in [0.25, 0.3) is 10.9 Å². The molecule has 5 atom stereocenters. The number of hydrogen-bond acceptors (Lipinski definition) is 5. The molecule has 2 heterocycles. The molecule has 0 bridgehead atoms. The Bertz CT molecular complexity index is 1370. The van der Waals surface area contributed by atoms with Crippen LogP contribution in [0.5, 0.6) is 0 Å².